The first-order chi connectivity index (χ1) is 9.67. The van der Waals surface area contributed by atoms with E-state index in [1.807, 2.05) is 42.5 Å². The monoisotopic (exact) mass is 332 g/mol. The fourth-order valence-electron chi connectivity index (χ4n) is 1.82. The molecular formula is C16H17BrN2O. The Balaban J connectivity index is 1.87. The molecule has 0 saturated carbocycles. The average molecular weight is 333 g/mol. The van der Waals surface area contributed by atoms with E-state index in [-0.39, 0.29) is 12.5 Å². The molecule has 0 aromatic heterocycles. The quantitative estimate of drug-likeness (QED) is 0.866. The molecule has 0 unspecified atom stereocenters. The molecule has 0 aliphatic heterocycles. The number of carbonyl (C=O) groups is 1. The summed E-state index contributed by atoms with van der Waals surface area (Å²) >= 11 is 3.38. The summed E-state index contributed by atoms with van der Waals surface area (Å²) in [4.78, 5) is 11.9. The second kappa shape index (κ2) is 7.10. The third-order valence-electron chi connectivity index (χ3n) is 2.92. The lowest BCUT2D eigenvalue weighted by atomic mass is 10.1. The summed E-state index contributed by atoms with van der Waals surface area (Å²) in [6.07, 6.45) is 0.959. The van der Waals surface area contributed by atoms with Gasteiger partial charge in [-0.15, -0.1) is 0 Å². The van der Waals surface area contributed by atoms with Crippen LogP contribution in [0.5, 0.6) is 0 Å². The Labute approximate surface area is 127 Å². The Bertz CT molecular complexity index is 581. The molecule has 0 atom stereocenters. The zero-order valence-corrected chi connectivity index (χ0v) is 12.9. The highest BCUT2D eigenvalue weighted by atomic mass is 79.9. The lowest BCUT2D eigenvalue weighted by Gasteiger charge is -2.08. The van der Waals surface area contributed by atoms with Gasteiger partial charge in [0, 0.05) is 15.8 Å². The van der Waals surface area contributed by atoms with E-state index in [4.69, 9.17) is 0 Å². The van der Waals surface area contributed by atoms with Crippen LogP contribution in [0.3, 0.4) is 0 Å². The van der Waals surface area contributed by atoms with Crippen LogP contribution in [-0.2, 0) is 11.2 Å². The van der Waals surface area contributed by atoms with Crippen molar-refractivity contribution in [2.24, 2.45) is 0 Å². The molecule has 1 amide bonds. The number of aryl methyl sites for hydroxylation is 1. The van der Waals surface area contributed by atoms with Gasteiger partial charge in [0.15, 0.2) is 0 Å². The maximum absolute atomic E-state index is 11.9. The van der Waals surface area contributed by atoms with Crippen LogP contribution in [0, 0.1) is 0 Å². The SMILES string of the molecule is CCc1cccc(NC(=O)CNc2ccc(Br)cc2)c1. The number of hydrogen-bond acceptors (Lipinski definition) is 2. The molecule has 4 heteroatoms. The average Bonchev–Trinajstić information content (AvgIpc) is 2.47. The largest absolute Gasteiger partial charge is 0.376 e. The third-order valence-corrected chi connectivity index (χ3v) is 3.44. The van der Waals surface area contributed by atoms with E-state index in [1.165, 1.54) is 5.56 Å². The number of amides is 1. The molecule has 0 aliphatic rings. The first-order valence-electron chi connectivity index (χ1n) is 6.55. The Morgan fingerprint density at radius 2 is 1.85 bits per heavy atom. The molecule has 2 aromatic carbocycles. The van der Waals surface area contributed by atoms with E-state index >= 15 is 0 Å². The minimum Gasteiger partial charge on any atom is -0.376 e. The van der Waals surface area contributed by atoms with Gasteiger partial charge in [-0.05, 0) is 48.4 Å². The van der Waals surface area contributed by atoms with Crippen LogP contribution in [-0.4, -0.2) is 12.5 Å². The van der Waals surface area contributed by atoms with Gasteiger partial charge in [-0.25, -0.2) is 0 Å². The summed E-state index contributed by atoms with van der Waals surface area (Å²) in [7, 11) is 0. The zero-order valence-electron chi connectivity index (χ0n) is 11.3. The topological polar surface area (TPSA) is 41.1 Å². The number of anilines is 2. The molecule has 104 valence electrons. The van der Waals surface area contributed by atoms with Gasteiger partial charge in [-0.1, -0.05) is 35.0 Å². The van der Waals surface area contributed by atoms with Crippen molar-refractivity contribution in [3.8, 4) is 0 Å². The maximum atomic E-state index is 11.9. The smallest absolute Gasteiger partial charge is 0.243 e. The Kier molecular flexibility index (Phi) is 5.18. The molecule has 0 saturated heterocycles. The summed E-state index contributed by atoms with van der Waals surface area (Å²) in [5.74, 6) is -0.0545. The molecule has 2 aromatic rings. The number of hydrogen-bond donors (Lipinski definition) is 2. The first-order valence-corrected chi connectivity index (χ1v) is 7.35. The minimum atomic E-state index is -0.0545. The molecule has 20 heavy (non-hydrogen) atoms. The Morgan fingerprint density at radius 1 is 1.10 bits per heavy atom. The van der Waals surface area contributed by atoms with Crippen LogP contribution in [0.4, 0.5) is 11.4 Å². The van der Waals surface area contributed by atoms with Crippen molar-refractivity contribution in [1.29, 1.82) is 0 Å². The fourth-order valence-corrected chi connectivity index (χ4v) is 2.09. The molecule has 2 N–H and O–H groups in total. The molecule has 0 aliphatic carbocycles. The summed E-state index contributed by atoms with van der Waals surface area (Å²) in [6.45, 7) is 2.34. The number of halogens is 1. The van der Waals surface area contributed by atoms with Crippen molar-refractivity contribution in [1.82, 2.24) is 0 Å². The normalized spacial score (nSPS) is 10.1. The van der Waals surface area contributed by atoms with E-state index in [0.717, 1.165) is 22.3 Å². The van der Waals surface area contributed by atoms with Gasteiger partial charge in [-0.3, -0.25) is 4.79 Å². The number of nitrogens with one attached hydrogen (secondary N) is 2. The fraction of sp³-hybridized carbons (Fsp3) is 0.188. The third kappa shape index (κ3) is 4.38. The van der Waals surface area contributed by atoms with Crippen LogP contribution in [0.25, 0.3) is 0 Å². The van der Waals surface area contributed by atoms with Gasteiger partial charge in [-0.2, -0.15) is 0 Å². The van der Waals surface area contributed by atoms with Crippen molar-refractivity contribution in [3.05, 3.63) is 58.6 Å². The summed E-state index contributed by atoms with van der Waals surface area (Å²) in [5.41, 5.74) is 2.97. The van der Waals surface area contributed by atoms with Crippen LogP contribution in [0.1, 0.15) is 12.5 Å². The van der Waals surface area contributed by atoms with E-state index in [9.17, 15) is 4.79 Å². The molecule has 0 bridgehead atoms. The van der Waals surface area contributed by atoms with Gasteiger partial charge in [0.05, 0.1) is 6.54 Å². The second-order valence-corrected chi connectivity index (χ2v) is 5.38. The van der Waals surface area contributed by atoms with Crippen molar-refractivity contribution in [3.63, 3.8) is 0 Å². The molecule has 0 radical (unpaired) electrons. The highest BCUT2D eigenvalue weighted by molar-refractivity contribution is 9.10. The maximum Gasteiger partial charge on any atom is 0.243 e. The van der Waals surface area contributed by atoms with Crippen molar-refractivity contribution in [2.45, 2.75) is 13.3 Å². The van der Waals surface area contributed by atoms with Gasteiger partial charge >= 0.3 is 0 Å². The van der Waals surface area contributed by atoms with E-state index < -0.39 is 0 Å². The van der Waals surface area contributed by atoms with Crippen LogP contribution in [0.15, 0.2) is 53.0 Å². The lowest BCUT2D eigenvalue weighted by molar-refractivity contribution is -0.114. The van der Waals surface area contributed by atoms with E-state index in [2.05, 4.69) is 39.6 Å². The van der Waals surface area contributed by atoms with Gasteiger partial charge in [0.25, 0.3) is 0 Å². The van der Waals surface area contributed by atoms with Gasteiger partial charge in [0.1, 0.15) is 0 Å². The van der Waals surface area contributed by atoms with Crippen molar-refractivity contribution in [2.75, 3.05) is 17.2 Å². The lowest BCUT2D eigenvalue weighted by Crippen LogP contribution is -2.21. The van der Waals surface area contributed by atoms with Gasteiger partial charge < -0.3 is 10.6 Å². The standard InChI is InChI=1S/C16H17BrN2O/c1-2-12-4-3-5-15(10-12)19-16(20)11-18-14-8-6-13(17)7-9-14/h3-10,18H,2,11H2,1H3,(H,19,20). The zero-order chi connectivity index (χ0) is 14.4. The number of rotatable bonds is 5. The summed E-state index contributed by atoms with van der Waals surface area (Å²) < 4.78 is 1.02. The molecule has 3 nitrogen and oxygen atoms in total. The molecule has 0 fully saturated rings. The van der Waals surface area contributed by atoms with Gasteiger partial charge in [0.2, 0.25) is 5.91 Å². The van der Waals surface area contributed by atoms with Crippen molar-refractivity contribution < 1.29 is 4.79 Å². The van der Waals surface area contributed by atoms with Crippen LogP contribution in [0.2, 0.25) is 0 Å². The number of benzene rings is 2. The Hall–Kier alpha value is -1.81. The first kappa shape index (κ1) is 14.6. The highest BCUT2D eigenvalue weighted by Gasteiger charge is 2.02. The van der Waals surface area contributed by atoms with Crippen LogP contribution >= 0.6 is 15.9 Å². The summed E-state index contributed by atoms with van der Waals surface area (Å²) in [5, 5.41) is 5.98. The molecular weight excluding hydrogens is 316 g/mol. The molecule has 0 heterocycles. The minimum absolute atomic E-state index is 0.0545. The molecule has 0 spiro atoms. The van der Waals surface area contributed by atoms with Crippen LogP contribution < -0.4 is 10.6 Å². The highest BCUT2D eigenvalue weighted by Crippen LogP contribution is 2.14. The molecule has 2 rings (SSSR count). The van der Waals surface area contributed by atoms with Crippen molar-refractivity contribution >= 4 is 33.2 Å². The second-order valence-electron chi connectivity index (χ2n) is 4.46. The number of carbonyl (C=O) groups excluding carboxylic acids is 1. The van der Waals surface area contributed by atoms with E-state index in [0.29, 0.717) is 0 Å². The Morgan fingerprint density at radius 3 is 2.55 bits per heavy atom. The summed E-state index contributed by atoms with van der Waals surface area (Å²) in [6, 6.07) is 15.6. The van der Waals surface area contributed by atoms with E-state index in [1.54, 1.807) is 0 Å². The predicted octanol–water partition coefficient (Wildman–Crippen LogP) is 4.06. The predicted molar refractivity (Wildman–Crippen MR) is 87.1 cm³/mol.